The molecule has 0 bridgehead atoms. The highest BCUT2D eigenvalue weighted by atomic mass is 14.7. The molecular formula is C25H29N. The summed E-state index contributed by atoms with van der Waals surface area (Å²) in [6, 6.07) is 21.6. The molecule has 0 amide bonds. The molecule has 3 aromatic rings. The second kappa shape index (κ2) is 6.72. The molecule has 2 aromatic carbocycles. The van der Waals surface area contributed by atoms with Gasteiger partial charge in [-0.25, -0.2) is 0 Å². The molecule has 0 atom stereocenters. The lowest BCUT2D eigenvalue weighted by molar-refractivity contribution is 0.569. The van der Waals surface area contributed by atoms with Gasteiger partial charge in [-0.2, -0.15) is 0 Å². The monoisotopic (exact) mass is 343 g/mol. The van der Waals surface area contributed by atoms with Gasteiger partial charge >= 0.3 is 0 Å². The van der Waals surface area contributed by atoms with Crippen molar-refractivity contribution in [3.8, 4) is 22.4 Å². The zero-order valence-electron chi connectivity index (χ0n) is 16.8. The van der Waals surface area contributed by atoms with E-state index in [0.717, 1.165) is 11.3 Å². The summed E-state index contributed by atoms with van der Waals surface area (Å²) in [6.45, 7) is 13.6. The average Bonchev–Trinajstić information content (AvgIpc) is 2.61. The first-order valence-electron chi connectivity index (χ1n) is 9.32. The van der Waals surface area contributed by atoms with Gasteiger partial charge in [0.1, 0.15) is 0 Å². The molecule has 0 saturated heterocycles. The molecule has 0 N–H and O–H groups in total. The van der Waals surface area contributed by atoms with Crippen molar-refractivity contribution in [2.24, 2.45) is 0 Å². The predicted octanol–water partition coefficient (Wildman–Crippen LogP) is 7.01. The first-order chi connectivity index (χ1) is 12.1. The fourth-order valence-electron chi connectivity index (χ4n) is 3.00. The highest BCUT2D eigenvalue weighted by Crippen LogP contribution is 2.34. The Bertz CT molecular complexity index is 844. The number of hydrogen-bond acceptors (Lipinski definition) is 1. The molecule has 0 fully saturated rings. The quantitative estimate of drug-likeness (QED) is 0.487. The van der Waals surface area contributed by atoms with Crippen LogP contribution in [-0.4, -0.2) is 4.98 Å². The van der Waals surface area contributed by atoms with E-state index in [0.29, 0.717) is 0 Å². The van der Waals surface area contributed by atoms with E-state index in [9.17, 15) is 0 Å². The summed E-state index contributed by atoms with van der Waals surface area (Å²) in [4.78, 5) is 4.71. The summed E-state index contributed by atoms with van der Waals surface area (Å²) in [5, 5.41) is 0. The molecule has 0 aliphatic rings. The summed E-state index contributed by atoms with van der Waals surface area (Å²) >= 11 is 0. The van der Waals surface area contributed by atoms with Gasteiger partial charge in [0.05, 0.1) is 5.69 Å². The average molecular weight is 344 g/mol. The molecule has 1 aromatic heterocycles. The maximum atomic E-state index is 4.71. The third-order valence-electron chi connectivity index (χ3n) is 4.83. The summed E-state index contributed by atoms with van der Waals surface area (Å²) in [5.41, 5.74) is 7.55. The third-order valence-corrected chi connectivity index (χ3v) is 4.83. The molecule has 0 unspecified atom stereocenters. The largest absolute Gasteiger partial charge is 0.256 e. The first kappa shape index (κ1) is 18.4. The lowest BCUT2D eigenvalue weighted by atomic mass is 9.79. The molecule has 134 valence electrons. The van der Waals surface area contributed by atoms with Crippen LogP contribution in [0.25, 0.3) is 22.4 Å². The van der Waals surface area contributed by atoms with Crippen molar-refractivity contribution in [2.75, 3.05) is 0 Å². The van der Waals surface area contributed by atoms with Crippen LogP contribution in [0.3, 0.4) is 0 Å². The number of nitrogens with zero attached hydrogens (tertiary/aromatic N) is 1. The van der Waals surface area contributed by atoms with Crippen molar-refractivity contribution in [1.82, 2.24) is 4.98 Å². The van der Waals surface area contributed by atoms with Crippen LogP contribution in [0.4, 0.5) is 0 Å². The zero-order chi connectivity index (χ0) is 18.9. The van der Waals surface area contributed by atoms with Crippen LogP contribution >= 0.6 is 0 Å². The molecule has 1 nitrogen and oxygen atoms in total. The number of aromatic nitrogens is 1. The van der Waals surface area contributed by atoms with E-state index in [1.165, 1.54) is 22.3 Å². The Labute approximate surface area is 158 Å². The van der Waals surface area contributed by atoms with Crippen LogP contribution in [0, 0.1) is 0 Å². The predicted molar refractivity (Wildman–Crippen MR) is 113 cm³/mol. The summed E-state index contributed by atoms with van der Waals surface area (Å²) in [6.07, 6.45) is 2.00. The van der Waals surface area contributed by atoms with Crippen LogP contribution in [0.15, 0.2) is 66.9 Å². The number of pyridine rings is 1. The van der Waals surface area contributed by atoms with E-state index in [1.807, 2.05) is 24.4 Å². The maximum Gasteiger partial charge on any atom is 0.0702 e. The topological polar surface area (TPSA) is 12.9 Å². The van der Waals surface area contributed by atoms with Crippen molar-refractivity contribution >= 4 is 0 Å². The fourth-order valence-corrected chi connectivity index (χ4v) is 3.00. The minimum Gasteiger partial charge on any atom is -0.256 e. The van der Waals surface area contributed by atoms with Crippen molar-refractivity contribution in [3.05, 3.63) is 78.0 Å². The smallest absolute Gasteiger partial charge is 0.0702 e. The van der Waals surface area contributed by atoms with Crippen LogP contribution in [0.5, 0.6) is 0 Å². The Morgan fingerprint density at radius 2 is 1.15 bits per heavy atom. The Kier molecular flexibility index (Phi) is 4.75. The van der Waals surface area contributed by atoms with Gasteiger partial charge in [-0.1, -0.05) is 96.1 Å². The van der Waals surface area contributed by atoms with Crippen molar-refractivity contribution < 1.29 is 0 Å². The Balaban J connectivity index is 2.06. The Hall–Kier alpha value is -2.41. The van der Waals surface area contributed by atoms with E-state index in [-0.39, 0.29) is 10.8 Å². The van der Waals surface area contributed by atoms with Gasteiger partial charge in [-0.3, -0.25) is 4.98 Å². The minimum absolute atomic E-state index is 0.118. The second-order valence-electron chi connectivity index (χ2n) is 9.10. The number of rotatable bonds is 2. The Morgan fingerprint density at radius 1 is 0.577 bits per heavy atom. The van der Waals surface area contributed by atoms with Gasteiger partial charge < -0.3 is 0 Å². The molecule has 1 heterocycles. The molecular weight excluding hydrogens is 314 g/mol. The van der Waals surface area contributed by atoms with Crippen LogP contribution in [-0.2, 0) is 10.8 Å². The van der Waals surface area contributed by atoms with Crippen LogP contribution in [0.1, 0.15) is 52.7 Å². The highest BCUT2D eigenvalue weighted by molar-refractivity contribution is 5.68. The minimum atomic E-state index is 0.118. The standard InChI is InChI=1S/C25H29N/c1-24(2,3)21-14-20(15-22(16-21)25(4,5)6)19-12-13-23(26-17-19)18-10-8-7-9-11-18/h7-17H,1-6H3. The SMILES string of the molecule is CC(C)(C)c1cc(-c2ccc(-c3ccccc3)nc2)cc(C(C)(C)C)c1. The Morgan fingerprint density at radius 3 is 1.62 bits per heavy atom. The van der Waals surface area contributed by atoms with Gasteiger partial charge in [0.15, 0.2) is 0 Å². The van der Waals surface area contributed by atoms with Gasteiger partial charge in [-0.15, -0.1) is 0 Å². The van der Waals surface area contributed by atoms with Crippen molar-refractivity contribution in [3.63, 3.8) is 0 Å². The van der Waals surface area contributed by atoms with Gasteiger partial charge in [0, 0.05) is 17.3 Å². The molecule has 0 aliphatic carbocycles. The summed E-state index contributed by atoms with van der Waals surface area (Å²) in [5.74, 6) is 0. The lowest BCUT2D eigenvalue weighted by Crippen LogP contribution is -2.16. The third kappa shape index (κ3) is 4.04. The van der Waals surface area contributed by atoms with Gasteiger partial charge in [0.25, 0.3) is 0 Å². The highest BCUT2D eigenvalue weighted by Gasteiger charge is 2.21. The molecule has 0 saturated carbocycles. The maximum absolute atomic E-state index is 4.71. The molecule has 26 heavy (non-hydrogen) atoms. The normalized spacial score (nSPS) is 12.2. The first-order valence-corrected chi connectivity index (χ1v) is 9.32. The van der Waals surface area contributed by atoms with E-state index in [1.54, 1.807) is 0 Å². The summed E-state index contributed by atoms with van der Waals surface area (Å²) in [7, 11) is 0. The zero-order valence-corrected chi connectivity index (χ0v) is 16.8. The van der Waals surface area contributed by atoms with Crippen molar-refractivity contribution in [1.29, 1.82) is 0 Å². The molecule has 0 spiro atoms. The van der Waals surface area contributed by atoms with E-state index in [4.69, 9.17) is 4.98 Å². The van der Waals surface area contributed by atoms with Crippen molar-refractivity contribution in [2.45, 2.75) is 52.4 Å². The second-order valence-corrected chi connectivity index (χ2v) is 9.10. The molecule has 0 radical (unpaired) electrons. The van der Waals surface area contributed by atoms with E-state index in [2.05, 4.69) is 84.0 Å². The fraction of sp³-hybridized carbons (Fsp3) is 0.320. The molecule has 1 heteroatoms. The van der Waals surface area contributed by atoms with E-state index < -0.39 is 0 Å². The lowest BCUT2D eigenvalue weighted by Gasteiger charge is -2.26. The van der Waals surface area contributed by atoms with Crippen LogP contribution in [0.2, 0.25) is 0 Å². The van der Waals surface area contributed by atoms with Gasteiger partial charge in [0.2, 0.25) is 0 Å². The van der Waals surface area contributed by atoms with Crippen LogP contribution < -0.4 is 0 Å². The van der Waals surface area contributed by atoms with Gasteiger partial charge in [-0.05, 0) is 33.6 Å². The summed E-state index contributed by atoms with van der Waals surface area (Å²) < 4.78 is 0. The molecule has 0 aliphatic heterocycles. The number of hydrogen-bond donors (Lipinski definition) is 0. The number of benzene rings is 2. The van der Waals surface area contributed by atoms with E-state index >= 15 is 0 Å². The molecule has 3 rings (SSSR count).